The summed E-state index contributed by atoms with van der Waals surface area (Å²) in [6, 6.07) is 1.68. The van der Waals surface area contributed by atoms with Gasteiger partial charge in [0.05, 0.1) is 6.61 Å². The molecule has 1 aromatic heterocycles. The van der Waals surface area contributed by atoms with Crippen molar-refractivity contribution in [2.24, 2.45) is 0 Å². The summed E-state index contributed by atoms with van der Waals surface area (Å²) in [7, 11) is 0. The Balaban J connectivity index is 2.60. The standard InChI is InChI=1S/C11H17N3O2S/c1-4-5-16-10(15)8(3)17-11-13-7(2)6-9(12)14-11/h6,8H,4-5H2,1-3H3,(H2,12,13,14)/t8-/m1/s1. The largest absolute Gasteiger partial charge is 0.465 e. The van der Waals surface area contributed by atoms with Gasteiger partial charge in [-0.25, -0.2) is 9.97 Å². The molecule has 0 aliphatic heterocycles. The van der Waals surface area contributed by atoms with Gasteiger partial charge in [-0.15, -0.1) is 0 Å². The lowest BCUT2D eigenvalue weighted by Crippen LogP contribution is -2.17. The van der Waals surface area contributed by atoms with Crippen LogP contribution in [0.4, 0.5) is 5.82 Å². The lowest BCUT2D eigenvalue weighted by Gasteiger charge is -2.10. The molecule has 0 radical (unpaired) electrons. The van der Waals surface area contributed by atoms with Gasteiger partial charge in [-0.05, 0) is 20.3 Å². The Hall–Kier alpha value is -1.30. The lowest BCUT2D eigenvalue weighted by molar-refractivity contribution is -0.142. The first kappa shape index (κ1) is 13.8. The normalized spacial score (nSPS) is 12.2. The maximum atomic E-state index is 11.5. The van der Waals surface area contributed by atoms with E-state index in [2.05, 4.69) is 9.97 Å². The van der Waals surface area contributed by atoms with Crippen LogP contribution in [0.1, 0.15) is 26.0 Å². The highest BCUT2D eigenvalue weighted by molar-refractivity contribution is 8.00. The number of hydrogen-bond donors (Lipinski definition) is 1. The van der Waals surface area contributed by atoms with Crippen molar-refractivity contribution in [3.63, 3.8) is 0 Å². The maximum absolute atomic E-state index is 11.5. The molecule has 1 heterocycles. The third kappa shape index (κ3) is 4.60. The van der Waals surface area contributed by atoms with Crippen LogP contribution in [0.2, 0.25) is 0 Å². The molecule has 1 atom stereocenters. The number of aryl methyl sites for hydroxylation is 1. The molecule has 0 amide bonds. The summed E-state index contributed by atoms with van der Waals surface area (Å²) in [6.45, 7) is 6.00. The van der Waals surface area contributed by atoms with E-state index >= 15 is 0 Å². The highest BCUT2D eigenvalue weighted by atomic mass is 32.2. The molecular weight excluding hydrogens is 238 g/mol. The molecular formula is C11H17N3O2S. The van der Waals surface area contributed by atoms with Gasteiger partial charge in [-0.3, -0.25) is 4.79 Å². The Bertz CT molecular complexity index is 378. The highest BCUT2D eigenvalue weighted by Gasteiger charge is 2.17. The highest BCUT2D eigenvalue weighted by Crippen LogP contribution is 2.21. The zero-order valence-corrected chi connectivity index (χ0v) is 11.1. The van der Waals surface area contributed by atoms with Gasteiger partial charge in [0.15, 0.2) is 5.16 Å². The second-order valence-electron chi connectivity index (χ2n) is 3.64. The smallest absolute Gasteiger partial charge is 0.319 e. The van der Waals surface area contributed by atoms with Crippen LogP contribution in [0.25, 0.3) is 0 Å². The summed E-state index contributed by atoms with van der Waals surface area (Å²) >= 11 is 1.25. The third-order valence-electron chi connectivity index (χ3n) is 1.92. The molecule has 0 saturated carbocycles. The summed E-state index contributed by atoms with van der Waals surface area (Å²) < 4.78 is 5.04. The van der Waals surface area contributed by atoms with Crippen molar-refractivity contribution in [1.29, 1.82) is 0 Å². The molecule has 0 bridgehead atoms. The van der Waals surface area contributed by atoms with Crippen molar-refractivity contribution in [1.82, 2.24) is 9.97 Å². The molecule has 94 valence electrons. The van der Waals surface area contributed by atoms with E-state index in [4.69, 9.17) is 10.5 Å². The topological polar surface area (TPSA) is 78.1 Å². The molecule has 17 heavy (non-hydrogen) atoms. The SMILES string of the molecule is CCCOC(=O)[C@@H](C)Sc1nc(C)cc(N)n1. The van der Waals surface area contributed by atoms with E-state index < -0.39 is 0 Å². The molecule has 0 aromatic carbocycles. The average molecular weight is 255 g/mol. The lowest BCUT2D eigenvalue weighted by atomic mass is 10.4. The zero-order valence-electron chi connectivity index (χ0n) is 10.3. The predicted molar refractivity (Wildman–Crippen MR) is 67.8 cm³/mol. The van der Waals surface area contributed by atoms with Crippen molar-refractivity contribution in [2.45, 2.75) is 37.6 Å². The number of hydrogen-bond acceptors (Lipinski definition) is 6. The molecule has 0 fully saturated rings. The van der Waals surface area contributed by atoms with E-state index in [1.165, 1.54) is 11.8 Å². The molecule has 0 aliphatic carbocycles. The van der Waals surface area contributed by atoms with E-state index in [9.17, 15) is 4.79 Å². The molecule has 1 rings (SSSR count). The van der Waals surface area contributed by atoms with E-state index in [0.717, 1.165) is 12.1 Å². The van der Waals surface area contributed by atoms with Crippen LogP contribution in [0.5, 0.6) is 0 Å². The number of nitrogens with zero attached hydrogens (tertiary/aromatic N) is 2. The summed E-state index contributed by atoms with van der Waals surface area (Å²) in [6.07, 6.45) is 0.816. The molecule has 0 saturated heterocycles. The first-order chi connectivity index (χ1) is 8.02. The van der Waals surface area contributed by atoms with E-state index in [0.29, 0.717) is 17.6 Å². The Kier molecular flexibility index (Phi) is 5.21. The van der Waals surface area contributed by atoms with E-state index in [-0.39, 0.29) is 11.2 Å². The third-order valence-corrected chi connectivity index (χ3v) is 2.86. The second-order valence-corrected chi connectivity index (χ2v) is 4.95. The van der Waals surface area contributed by atoms with Gasteiger partial charge >= 0.3 is 5.97 Å². The number of anilines is 1. The van der Waals surface area contributed by atoms with Crippen LogP contribution in [-0.2, 0) is 9.53 Å². The summed E-state index contributed by atoms with van der Waals surface area (Å²) in [4.78, 5) is 19.8. The molecule has 6 heteroatoms. The van der Waals surface area contributed by atoms with Crippen molar-refractivity contribution < 1.29 is 9.53 Å². The van der Waals surface area contributed by atoms with Crippen LogP contribution in [0, 0.1) is 6.92 Å². The number of carbonyl (C=O) groups is 1. The van der Waals surface area contributed by atoms with Gasteiger partial charge in [-0.1, -0.05) is 18.7 Å². The number of nitrogen functional groups attached to an aromatic ring is 1. The fourth-order valence-corrected chi connectivity index (χ4v) is 1.98. The number of carbonyl (C=O) groups excluding carboxylic acids is 1. The summed E-state index contributed by atoms with van der Waals surface area (Å²) in [5, 5.41) is 0.172. The van der Waals surface area contributed by atoms with Crippen molar-refractivity contribution >= 4 is 23.5 Å². The maximum Gasteiger partial charge on any atom is 0.319 e. The number of esters is 1. The molecule has 2 N–H and O–H groups in total. The second kappa shape index (κ2) is 6.44. The van der Waals surface area contributed by atoms with Crippen LogP contribution < -0.4 is 5.73 Å². The minimum Gasteiger partial charge on any atom is -0.465 e. The molecule has 1 aromatic rings. The van der Waals surface area contributed by atoms with Gasteiger partial charge in [0.2, 0.25) is 0 Å². The van der Waals surface area contributed by atoms with Crippen molar-refractivity contribution in [3.05, 3.63) is 11.8 Å². The van der Waals surface area contributed by atoms with Gasteiger partial charge in [-0.2, -0.15) is 0 Å². The number of thioether (sulfide) groups is 1. The monoisotopic (exact) mass is 255 g/mol. The molecule has 0 spiro atoms. The zero-order chi connectivity index (χ0) is 12.8. The average Bonchev–Trinajstić information content (AvgIpc) is 2.24. The fraction of sp³-hybridized carbons (Fsp3) is 0.545. The number of ether oxygens (including phenoxy) is 1. The quantitative estimate of drug-likeness (QED) is 0.491. The Morgan fingerprint density at radius 3 is 2.88 bits per heavy atom. The van der Waals surface area contributed by atoms with Crippen molar-refractivity contribution in [2.75, 3.05) is 12.3 Å². The number of aromatic nitrogens is 2. The first-order valence-electron chi connectivity index (χ1n) is 5.47. The Morgan fingerprint density at radius 1 is 1.59 bits per heavy atom. The van der Waals surface area contributed by atoms with Gasteiger partial charge in [0.25, 0.3) is 0 Å². The predicted octanol–water partition coefficient (Wildman–Crippen LogP) is 1.80. The van der Waals surface area contributed by atoms with Gasteiger partial charge in [0, 0.05) is 11.8 Å². The molecule has 0 aliphatic rings. The summed E-state index contributed by atoms with van der Waals surface area (Å²) in [5.74, 6) is 0.162. The van der Waals surface area contributed by atoms with E-state index in [1.807, 2.05) is 13.8 Å². The van der Waals surface area contributed by atoms with E-state index in [1.54, 1.807) is 13.0 Å². The van der Waals surface area contributed by atoms with Gasteiger partial charge in [0.1, 0.15) is 11.1 Å². The van der Waals surface area contributed by atoms with Crippen LogP contribution in [-0.4, -0.2) is 27.8 Å². The fourth-order valence-electron chi connectivity index (χ4n) is 1.14. The van der Waals surface area contributed by atoms with Gasteiger partial charge < -0.3 is 10.5 Å². The number of nitrogens with two attached hydrogens (primary N) is 1. The first-order valence-corrected chi connectivity index (χ1v) is 6.35. The van der Waals surface area contributed by atoms with Crippen LogP contribution >= 0.6 is 11.8 Å². The minimum absolute atomic E-state index is 0.250. The Labute approximate surface area is 105 Å². The van der Waals surface area contributed by atoms with Crippen molar-refractivity contribution in [3.8, 4) is 0 Å². The van der Waals surface area contributed by atoms with Crippen LogP contribution in [0.3, 0.4) is 0 Å². The van der Waals surface area contributed by atoms with Crippen LogP contribution in [0.15, 0.2) is 11.2 Å². The molecule has 0 unspecified atom stereocenters. The number of rotatable bonds is 5. The summed E-state index contributed by atoms with van der Waals surface area (Å²) in [5.41, 5.74) is 6.40. The minimum atomic E-state index is -0.331. The Morgan fingerprint density at radius 2 is 2.29 bits per heavy atom. The molecule has 5 nitrogen and oxygen atoms in total.